The van der Waals surface area contributed by atoms with Crippen molar-refractivity contribution in [3.8, 4) is 12.1 Å². The molecule has 0 spiro atoms. The average Bonchev–Trinajstić information content (AvgIpc) is 2.61. The molecule has 0 aromatic carbocycles. The molecule has 0 aromatic rings. The summed E-state index contributed by atoms with van der Waals surface area (Å²) in [5.41, 5.74) is -1.03. The van der Waals surface area contributed by atoms with Gasteiger partial charge in [-0.1, -0.05) is 26.5 Å². The number of rotatable bonds is 7. The number of hydrogen-bond acceptors (Lipinski definition) is 7. The predicted octanol–water partition coefficient (Wildman–Crippen LogP) is 4.60. The number of ether oxygens (including phenoxy) is 1. The summed E-state index contributed by atoms with van der Waals surface area (Å²) in [5, 5.41) is 32.6. The summed E-state index contributed by atoms with van der Waals surface area (Å²) in [4.78, 5) is 20.3. The largest absolute Gasteiger partial charge is 0.478 e. The molecular weight excluding hydrogens is 360 g/mol. The molecule has 0 fully saturated rings. The topological polar surface area (TPSA) is 136 Å². The highest BCUT2D eigenvalue weighted by Crippen LogP contribution is 2.13. The lowest BCUT2D eigenvalue weighted by molar-refractivity contribution is -0.139. The first-order valence-electron chi connectivity index (χ1n) is 8.63. The molecule has 0 saturated heterocycles. The Morgan fingerprint density at radius 1 is 1.00 bits per heavy atom. The van der Waals surface area contributed by atoms with E-state index in [1.54, 1.807) is 34.6 Å². The number of aliphatic carboxylic acids is 1. The minimum Gasteiger partial charge on any atom is -0.478 e. The quantitative estimate of drug-likeness (QED) is 0.291. The van der Waals surface area contributed by atoms with Crippen molar-refractivity contribution in [3.05, 3.63) is 24.3 Å². The normalized spacial score (nSPS) is 10.2. The fourth-order valence-corrected chi connectivity index (χ4v) is 0.727. The third kappa shape index (κ3) is 21.0. The minimum atomic E-state index is -0.935. The number of carbonyl (C=O) groups excluding carboxylic acids is 1. The molecule has 28 heavy (non-hydrogen) atoms. The lowest BCUT2D eigenvalue weighted by Crippen LogP contribution is -2.17. The van der Waals surface area contributed by atoms with Gasteiger partial charge in [-0.15, -0.1) is 0 Å². The molecule has 0 aliphatic rings. The van der Waals surface area contributed by atoms with E-state index in [1.807, 2.05) is 12.1 Å². The van der Waals surface area contributed by atoms with Crippen LogP contribution < -0.4 is 0 Å². The second kappa shape index (κ2) is 15.1. The van der Waals surface area contributed by atoms with Gasteiger partial charge in [0.25, 0.3) is 0 Å². The maximum Gasteiger partial charge on any atom is 0.333 e. The van der Waals surface area contributed by atoms with Gasteiger partial charge in [-0.2, -0.15) is 20.8 Å². The number of nitriles is 2. The van der Waals surface area contributed by atoms with Crippen LogP contribution in [0.5, 0.6) is 0 Å². The van der Waals surface area contributed by atoms with Crippen LogP contribution in [0.4, 0.5) is 0 Å². The first kappa shape index (κ1) is 29.8. The van der Waals surface area contributed by atoms with E-state index in [0.717, 1.165) is 12.8 Å². The first-order chi connectivity index (χ1) is 12.7. The third-order valence-corrected chi connectivity index (χ3v) is 2.54. The molecule has 8 nitrogen and oxygen atoms in total. The minimum absolute atomic E-state index is 0.176. The predicted molar refractivity (Wildman–Crippen MR) is 107 cm³/mol. The second-order valence-electron chi connectivity index (χ2n) is 6.90. The summed E-state index contributed by atoms with van der Waals surface area (Å²) in [7, 11) is 0. The summed E-state index contributed by atoms with van der Waals surface area (Å²) in [6, 6.07) is 3.94. The van der Waals surface area contributed by atoms with Crippen LogP contribution in [0.2, 0.25) is 0 Å². The highest BCUT2D eigenvalue weighted by atomic mass is 16.5. The van der Waals surface area contributed by atoms with E-state index < -0.39 is 17.0 Å². The van der Waals surface area contributed by atoms with E-state index in [1.165, 1.54) is 6.92 Å². The number of esters is 1. The standard InChI is InChI=1S/C8H12N4.C8H14O2.C4H6O2/c1-7(2,5-9)11-12-8(3,4)6-10;1-4-5-6-10-8(9)7(2)3;1-3(2)4(5)6/h1-4H3;2,4-6H2,1,3H3;1H2,2H3,(H,5,6). The number of carboxylic acids is 1. The van der Waals surface area contributed by atoms with Crippen LogP contribution in [-0.4, -0.2) is 34.7 Å². The molecule has 0 rings (SSSR count). The van der Waals surface area contributed by atoms with Gasteiger partial charge in [-0.25, -0.2) is 9.59 Å². The molecule has 0 heterocycles. The van der Waals surface area contributed by atoms with Crippen LogP contribution in [0.15, 0.2) is 34.5 Å². The number of unbranched alkanes of at least 4 members (excludes halogenated alkanes) is 1. The number of hydrogen-bond donors (Lipinski definition) is 1. The number of carboxylic acid groups (broad SMARTS) is 1. The van der Waals surface area contributed by atoms with Gasteiger partial charge in [0.15, 0.2) is 11.1 Å². The van der Waals surface area contributed by atoms with Crippen molar-refractivity contribution >= 4 is 11.9 Å². The Labute approximate surface area is 168 Å². The van der Waals surface area contributed by atoms with Gasteiger partial charge < -0.3 is 9.84 Å². The van der Waals surface area contributed by atoms with Gasteiger partial charge in [0, 0.05) is 11.1 Å². The first-order valence-corrected chi connectivity index (χ1v) is 8.63. The van der Waals surface area contributed by atoms with Gasteiger partial charge in [-0.3, -0.25) is 0 Å². The van der Waals surface area contributed by atoms with E-state index in [9.17, 15) is 9.59 Å². The second-order valence-corrected chi connectivity index (χ2v) is 6.90. The van der Waals surface area contributed by atoms with Gasteiger partial charge in [0.1, 0.15) is 0 Å². The van der Waals surface area contributed by atoms with Crippen LogP contribution in [0.3, 0.4) is 0 Å². The lowest BCUT2D eigenvalue weighted by Gasteiger charge is -2.11. The van der Waals surface area contributed by atoms with Crippen molar-refractivity contribution in [1.82, 2.24) is 0 Å². The van der Waals surface area contributed by atoms with Crippen molar-refractivity contribution in [3.63, 3.8) is 0 Å². The monoisotopic (exact) mass is 392 g/mol. The van der Waals surface area contributed by atoms with Gasteiger partial charge in [0.2, 0.25) is 0 Å². The van der Waals surface area contributed by atoms with Crippen molar-refractivity contribution in [2.45, 2.75) is 72.4 Å². The highest BCUT2D eigenvalue weighted by Gasteiger charge is 2.19. The van der Waals surface area contributed by atoms with Crippen molar-refractivity contribution in [2.24, 2.45) is 10.2 Å². The smallest absolute Gasteiger partial charge is 0.333 e. The maximum absolute atomic E-state index is 10.7. The Hall–Kier alpha value is -3.00. The third-order valence-electron chi connectivity index (χ3n) is 2.54. The molecule has 0 atom stereocenters. The molecule has 0 radical (unpaired) electrons. The molecule has 8 heteroatoms. The molecule has 0 aromatic heterocycles. The van der Waals surface area contributed by atoms with Crippen LogP contribution in [-0.2, 0) is 14.3 Å². The van der Waals surface area contributed by atoms with Gasteiger partial charge >= 0.3 is 11.9 Å². The van der Waals surface area contributed by atoms with Crippen molar-refractivity contribution in [2.75, 3.05) is 6.61 Å². The Kier molecular flexibility index (Phi) is 16.0. The molecule has 0 bridgehead atoms. The zero-order chi connectivity index (χ0) is 23.0. The van der Waals surface area contributed by atoms with E-state index in [-0.39, 0.29) is 11.5 Å². The van der Waals surface area contributed by atoms with E-state index in [4.69, 9.17) is 20.4 Å². The van der Waals surface area contributed by atoms with Crippen LogP contribution >= 0.6 is 0 Å². The molecule has 0 saturated carbocycles. The SMILES string of the molecule is C=C(C)C(=O)O.C=C(C)C(=O)OCCCC.CC(C)(C#N)N=NC(C)(C)C#N. The number of carbonyl (C=O) groups is 2. The summed E-state index contributed by atoms with van der Waals surface area (Å²) >= 11 is 0. The molecule has 1 N–H and O–H groups in total. The molecule has 0 aliphatic carbocycles. The molecular formula is C20H32N4O4. The van der Waals surface area contributed by atoms with Crippen LogP contribution in [0.25, 0.3) is 0 Å². The summed E-state index contributed by atoms with van der Waals surface area (Å²) in [6.45, 7) is 18.8. The molecule has 0 unspecified atom stereocenters. The molecule has 0 amide bonds. The Morgan fingerprint density at radius 3 is 1.57 bits per heavy atom. The average molecular weight is 393 g/mol. The van der Waals surface area contributed by atoms with E-state index >= 15 is 0 Å². The Balaban J connectivity index is -0.000000354. The van der Waals surface area contributed by atoms with Gasteiger partial charge in [0.05, 0.1) is 18.7 Å². The van der Waals surface area contributed by atoms with Crippen LogP contribution in [0, 0.1) is 22.7 Å². The van der Waals surface area contributed by atoms with Crippen molar-refractivity contribution < 1.29 is 19.4 Å². The lowest BCUT2D eigenvalue weighted by atomic mass is 10.1. The molecule has 156 valence electrons. The van der Waals surface area contributed by atoms with E-state index in [2.05, 4.69) is 30.3 Å². The zero-order valence-electron chi connectivity index (χ0n) is 18.0. The highest BCUT2D eigenvalue weighted by molar-refractivity contribution is 5.86. The summed E-state index contributed by atoms with van der Waals surface area (Å²) < 4.78 is 4.81. The zero-order valence-corrected chi connectivity index (χ0v) is 18.0. The number of nitrogens with zero attached hydrogens (tertiary/aromatic N) is 4. The van der Waals surface area contributed by atoms with Crippen molar-refractivity contribution in [1.29, 1.82) is 10.5 Å². The van der Waals surface area contributed by atoms with Gasteiger partial charge in [-0.05, 0) is 48.0 Å². The van der Waals surface area contributed by atoms with E-state index in [0.29, 0.717) is 12.2 Å². The maximum atomic E-state index is 10.7. The fourth-order valence-electron chi connectivity index (χ4n) is 0.727. The molecule has 0 aliphatic heterocycles. The number of azo groups is 1. The summed E-state index contributed by atoms with van der Waals surface area (Å²) in [5.74, 6) is -1.22. The Morgan fingerprint density at radius 2 is 1.36 bits per heavy atom. The van der Waals surface area contributed by atoms with Crippen LogP contribution in [0.1, 0.15) is 61.3 Å². The summed E-state index contributed by atoms with van der Waals surface area (Å²) in [6.07, 6.45) is 1.97. The Bertz CT molecular complexity index is 610. The fraction of sp³-hybridized carbons (Fsp3) is 0.600.